The van der Waals surface area contributed by atoms with Gasteiger partial charge in [-0.25, -0.2) is 0 Å². The fourth-order valence-electron chi connectivity index (χ4n) is 2.26. The topological polar surface area (TPSA) is 25.2 Å². The van der Waals surface area contributed by atoms with Gasteiger partial charge in [-0.3, -0.25) is 0 Å². The molecule has 0 aliphatic rings. The molecule has 0 amide bonds. The average molecular weight is 243 g/mol. The van der Waals surface area contributed by atoms with Crippen LogP contribution in [-0.2, 0) is 6.54 Å². The number of aliphatic hydroxyl groups is 1. The van der Waals surface area contributed by atoms with Crippen molar-refractivity contribution in [3.63, 3.8) is 0 Å². The summed E-state index contributed by atoms with van der Waals surface area (Å²) in [5.74, 6) is 0.560. The molecule has 0 fully saturated rings. The van der Waals surface area contributed by atoms with Crippen LogP contribution < -0.4 is 0 Å². The Morgan fingerprint density at radius 2 is 1.72 bits per heavy atom. The maximum Gasteiger partial charge on any atom is 0.0610 e. The molecule has 0 spiro atoms. The van der Waals surface area contributed by atoms with E-state index in [1.54, 1.807) is 0 Å². The summed E-state index contributed by atoms with van der Waals surface area (Å²) < 4.78 is 2.16. The van der Waals surface area contributed by atoms with Gasteiger partial charge in [-0.05, 0) is 36.1 Å². The van der Waals surface area contributed by atoms with Crippen molar-refractivity contribution >= 4 is 0 Å². The van der Waals surface area contributed by atoms with Crippen LogP contribution in [0, 0.1) is 6.92 Å². The third kappa shape index (κ3) is 2.49. The van der Waals surface area contributed by atoms with Gasteiger partial charge in [-0.2, -0.15) is 0 Å². The van der Waals surface area contributed by atoms with Crippen LogP contribution in [0.4, 0.5) is 0 Å². The molecule has 0 aliphatic carbocycles. The van der Waals surface area contributed by atoms with Gasteiger partial charge in [0.1, 0.15) is 0 Å². The van der Waals surface area contributed by atoms with Crippen molar-refractivity contribution in [1.29, 1.82) is 0 Å². The Hall–Kier alpha value is -1.54. The van der Waals surface area contributed by atoms with E-state index in [1.807, 2.05) is 0 Å². The lowest BCUT2D eigenvalue weighted by Crippen LogP contribution is -2.05. The Morgan fingerprint density at radius 3 is 2.28 bits per heavy atom. The van der Waals surface area contributed by atoms with Crippen LogP contribution >= 0.6 is 0 Å². The summed E-state index contributed by atoms with van der Waals surface area (Å²) in [6.45, 7) is 7.30. The van der Waals surface area contributed by atoms with Crippen LogP contribution in [0.1, 0.15) is 31.0 Å². The predicted octanol–water partition coefficient (Wildman–Crippen LogP) is 3.58. The Kier molecular flexibility index (Phi) is 3.87. The lowest BCUT2D eigenvalue weighted by Gasteiger charge is -2.11. The lowest BCUT2D eigenvalue weighted by molar-refractivity contribution is 0.276. The van der Waals surface area contributed by atoms with Crippen molar-refractivity contribution < 1.29 is 5.11 Å². The molecule has 2 nitrogen and oxygen atoms in total. The largest absolute Gasteiger partial charge is 0.395 e. The SMILES string of the molecule is Cc1ccc(-c2ccc(C(C)C)cc2)n1CCO. The van der Waals surface area contributed by atoms with E-state index in [0.29, 0.717) is 12.5 Å². The molecule has 2 rings (SSSR count). The van der Waals surface area contributed by atoms with Gasteiger partial charge in [0.15, 0.2) is 0 Å². The van der Waals surface area contributed by atoms with Crippen molar-refractivity contribution in [2.24, 2.45) is 0 Å². The number of aryl methyl sites for hydroxylation is 1. The smallest absolute Gasteiger partial charge is 0.0610 e. The molecule has 0 aliphatic heterocycles. The van der Waals surface area contributed by atoms with Gasteiger partial charge >= 0.3 is 0 Å². The summed E-state index contributed by atoms with van der Waals surface area (Å²) in [5, 5.41) is 9.13. The molecular weight excluding hydrogens is 222 g/mol. The molecule has 1 N–H and O–H groups in total. The molecular formula is C16H21NO. The monoisotopic (exact) mass is 243 g/mol. The summed E-state index contributed by atoms with van der Waals surface area (Å²) in [5.41, 5.74) is 4.93. The van der Waals surface area contributed by atoms with E-state index in [9.17, 15) is 0 Å². The van der Waals surface area contributed by atoms with Crippen LogP contribution in [0.25, 0.3) is 11.3 Å². The number of hydrogen-bond acceptors (Lipinski definition) is 1. The Labute approximate surface area is 109 Å². The number of aromatic nitrogens is 1. The molecule has 0 bridgehead atoms. The summed E-state index contributed by atoms with van der Waals surface area (Å²) in [7, 11) is 0. The van der Waals surface area contributed by atoms with Gasteiger partial charge < -0.3 is 9.67 Å². The van der Waals surface area contributed by atoms with E-state index in [2.05, 4.69) is 61.7 Å². The number of aliphatic hydroxyl groups excluding tert-OH is 1. The van der Waals surface area contributed by atoms with Gasteiger partial charge in [0.05, 0.1) is 6.61 Å². The fraction of sp³-hybridized carbons (Fsp3) is 0.375. The van der Waals surface area contributed by atoms with E-state index in [0.717, 1.165) is 0 Å². The first-order valence-electron chi connectivity index (χ1n) is 6.51. The van der Waals surface area contributed by atoms with Crippen molar-refractivity contribution in [1.82, 2.24) is 4.57 Å². The Balaban J connectivity index is 2.36. The Morgan fingerprint density at radius 1 is 1.06 bits per heavy atom. The summed E-state index contributed by atoms with van der Waals surface area (Å²) >= 11 is 0. The zero-order valence-electron chi connectivity index (χ0n) is 11.4. The molecule has 0 atom stereocenters. The minimum Gasteiger partial charge on any atom is -0.395 e. The second kappa shape index (κ2) is 5.40. The summed E-state index contributed by atoms with van der Waals surface area (Å²) in [4.78, 5) is 0. The van der Waals surface area contributed by atoms with E-state index in [1.165, 1.54) is 22.5 Å². The third-order valence-electron chi connectivity index (χ3n) is 3.40. The highest BCUT2D eigenvalue weighted by atomic mass is 16.3. The maximum atomic E-state index is 9.13. The van der Waals surface area contributed by atoms with Crippen LogP contribution in [0.2, 0.25) is 0 Å². The highest BCUT2D eigenvalue weighted by molar-refractivity contribution is 5.61. The normalized spacial score (nSPS) is 11.2. The van der Waals surface area contributed by atoms with Gasteiger partial charge in [-0.15, -0.1) is 0 Å². The maximum absolute atomic E-state index is 9.13. The van der Waals surface area contributed by atoms with E-state index in [4.69, 9.17) is 5.11 Å². The number of rotatable bonds is 4. The van der Waals surface area contributed by atoms with Crippen molar-refractivity contribution in [3.8, 4) is 11.3 Å². The van der Waals surface area contributed by atoms with Crippen molar-refractivity contribution in [3.05, 3.63) is 47.7 Å². The first kappa shape index (κ1) is 12.9. The average Bonchev–Trinajstić information content (AvgIpc) is 2.72. The summed E-state index contributed by atoms with van der Waals surface area (Å²) in [6.07, 6.45) is 0. The molecule has 1 heterocycles. The zero-order chi connectivity index (χ0) is 13.1. The molecule has 96 valence electrons. The molecule has 0 saturated carbocycles. The second-order valence-electron chi connectivity index (χ2n) is 5.01. The minimum absolute atomic E-state index is 0.173. The molecule has 2 aromatic rings. The molecule has 0 saturated heterocycles. The van der Waals surface area contributed by atoms with E-state index < -0.39 is 0 Å². The Bertz CT molecular complexity index is 508. The van der Waals surface area contributed by atoms with Gasteiger partial charge in [0.25, 0.3) is 0 Å². The number of nitrogens with zero attached hydrogens (tertiary/aromatic N) is 1. The van der Waals surface area contributed by atoms with Crippen LogP contribution in [0.15, 0.2) is 36.4 Å². The predicted molar refractivity (Wildman–Crippen MR) is 75.8 cm³/mol. The lowest BCUT2D eigenvalue weighted by atomic mass is 10.0. The van der Waals surface area contributed by atoms with Crippen LogP contribution in [0.5, 0.6) is 0 Å². The zero-order valence-corrected chi connectivity index (χ0v) is 11.4. The van der Waals surface area contributed by atoms with Gasteiger partial charge in [0, 0.05) is 17.9 Å². The molecule has 2 heteroatoms. The fourth-order valence-corrected chi connectivity index (χ4v) is 2.26. The highest BCUT2D eigenvalue weighted by Gasteiger charge is 2.07. The van der Waals surface area contributed by atoms with Crippen LogP contribution in [-0.4, -0.2) is 16.3 Å². The minimum atomic E-state index is 0.173. The first-order valence-corrected chi connectivity index (χ1v) is 6.51. The van der Waals surface area contributed by atoms with Crippen LogP contribution in [0.3, 0.4) is 0 Å². The van der Waals surface area contributed by atoms with Gasteiger partial charge in [0.2, 0.25) is 0 Å². The molecule has 1 aromatic heterocycles. The number of hydrogen-bond donors (Lipinski definition) is 1. The molecule has 18 heavy (non-hydrogen) atoms. The van der Waals surface area contributed by atoms with Crippen molar-refractivity contribution in [2.45, 2.75) is 33.2 Å². The van der Waals surface area contributed by atoms with E-state index >= 15 is 0 Å². The third-order valence-corrected chi connectivity index (χ3v) is 3.40. The van der Waals surface area contributed by atoms with Gasteiger partial charge in [-0.1, -0.05) is 38.1 Å². The quantitative estimate of drug-likeness (QED) is 0.872. The summed E-state index contributed by atoms with van der Waals surface area (Å²) in [6, 6.07) is 12.9. The van der Waals surface area contributed by atoms with Crippen molar-refractivity contribution in [2.75, 3.05) is 6.61 Å². The molecule has 1 aromatic carbocycles. The second-order valence-corrected chi connectivity index (χ2v) is 5.01. The molecule has 0 radical (unpaired) electrons. The standard InChI is InChI=1S/C16H21NO/c1-12(2)14-5-7-15(8-6-14)16-9-4-13(3)17(16)10-11-18/h4-9,12,18H,10-11H2,1-3H3. The number of benzene rings is 1. The molecule has 0 unspecified atom stereocenters. The highest BCUT2D eigenvalue weighted by Crippen LogP contribution is 2.24. The first-order chi connectivity index (χ1) is 8.63. The van der Waals surface area contributed by atoms with E-state index in [-0.39, 0.29) is 6.61 Å².